The first-order valence-electron chi connectivity index (χ1n) is 4.25. The number of ether oxygens (including phenoxy) is 1. The van der Waals surface area contributed by atoms with E-state index in [4.69, 9.17) is 9.84 Å². The van der Waals surface area contributed by atoms with Crippen molar-refractivity contribution in [2.24, 2.45) is 0 Å². The van der Waals surface area contributed by atoms with Crippen LogP contribution in [0.15, 0.2) is 24.3 Å². The van der Waals surface area contributed by atoms with E-state index in [9.17, 15) is 4.39 Å². The number of hydrogen-bond acceptors (Lipinski definition) is 2. The second-order valence-corrected chi connectivity index (χ2v) is 2.70. The van der Waals surface area contributed by atoms with Crippen molar-refractivity contribution in [3.05, 3.63) is 29.8 Å². The van der Waals surface area contributed by atoms with Gasteiger partial charge in [-0.15, -0.1) is 0 Å². The molecular weight excluding hydrogens is 171 g/mol. The van der Waals surface area contributed by atoms with Crippen molar-refractivity contribution in [2.45, 2.75) is 13.0 Å². The smallest absolute Gasteiger partial charge is 0.119 e. The molecule has 1 aromatic rings. The summed E-state index contributed by atoms with van der Waals surface area (Å²) in [5.74, 6) is 0.681. The maximum absolute atomic E-state index is 11.7. The highest BCUT2D eigenvalue weighted by atomic mass is 19.1. The molecule has 0 amide bonds. The van der Waals surface area contributed by atoms with E-state index in [1.165, 1.54) is 0 Å². The van der Waals surface area contributed by atoms with Gasteiger partial charge < -0.3 is 9.84 Å². The van der Waals surface area contributed by atoms with Gasteiger partial charge in [-0.05, 0) is 17.7 Å². The fourth-order valence-electron chi connectivity index (χ4n) is 0.978. The second kappa shape index (κ2) is 5.54. The van der Waals surface area contributed by atoms with Crippen molar-refractivity contribution in [1.82, 2.24) is 0 Å². The number of aliphatic hydroxyl groups is 1. The standard InChI is InChI=1S/C10H13FO2/c11-5-2-6-13-10-4-1-3-9(7-10)8-12/h1,3-4,7,12H,2,5-6,8H2. The normalized spacial score (nSPS) is 10.0. The molecular formula is C10H13FO2. The van der Waals surface area contributed by atoms with E-state index in [0.717, 1.165) is 5.56 Å². The van der Waals surface area contributed by atoms with E-state index in [1.54, 1.807) is 18.2 Å². The molecule has 0 aliphatic heterocycles. The summed E-state index contributed by atoms with van der Waals surface area (Å²) in [6.45, 7) is 0.0192. The number of halogens is 1. The van der Waals surface area contributed by atoms with Gasteiger partial charge in [0.25, 0.3) is 0 Å². The van der Waals surface area contributed by atoms with Crippen LogP contribution in [0.4, 0.5) is 4.39 Å². The van der Waals surface area contributed by atoms with Crippen molar-refractivity contribution in [3.8, 4) is 5.75 Å². The molecule has 13 heavy (non-hydrogen) atoms. The number of hydrogen-bond donors (Lipinski definition) is 1. The Hall–Kier alpha value is -1.09. The Kier molecular flexibility index (Phi) is 4.26. The van der Waals surface area contributed by atoms with Crippen LogP contribution in [-0.2, 0) is 6.61 Å². The third-order valence-electron chi connectivity index (χ3n) is 1.63. The topological polar surface area (TPSA) is 29.5 Å². The van der Waals surface area contributed by atoms with Crippen molar-refractivity contribution < 1.29 is 14.2 Å². The summed E-state index contributed by atoms with van der Waals surface area (Å²) in [5, 5.41) is 8.82. The first-order chi connectivity index (χ1) is 6.36. The molecule has 0 saturated carbocycles. The number of rotatable bonds is 5. The molecule has 0 aromatic heterocycles. The van der Waals surface area contributed by atoms with Crippen LogP contribution in [0.5, 0.6) is 5.75 Å². The molecule has 2 nitrogen and oxygen atoms in total. The van der Waals surface area contributed by atoms with E-state index in [2.05, 4.69) is 0 Å². The molecule has 0 aliphatic carbocycles. The maximum Gasteiger partial charge on any atom is 0.119 e. The first-order valence-corrected chi connectivity index (χ1v) is 4.25. The maximum atomic E-state index is 11.7. The summed E-state index contributed by atoms with van der Waals surface area (Å²) in [5.41, 5.74) is 0.803. The van der Waals surface area contributed by atoms with Crippen LogP contribution >= 0.6 is 0 Å². The minimum absolute atomic E-state index is 0.000309. The highest BCUT2D eigenvalue weighted by molar-refractivity contribution is 5.27. The summed E-state index contributed by atoms with van der Waals surface area (Å²) in [4.78, 5) is 0. The van der Waals surface area contributed by atoms with E-state index in [-0.39, 0.29) is 13.3 Å². The van der Waals surface area contributed by atoms with Gasteiger partial charge >= 0.3 is 0 Å². The molecule has 0 bridgehead atoms. The van der Waals surface area contributed by atoms with Gasteiger partial charge in [-0.3, -0.25) is 4.39 Å². The number of aliphatic hydroxyl groups excluding tert-OH is 1. The largest absolute Gasteiger partial charge is 0.493 e. The Morgan fingerprint density at radius 3 is 2.92 bits per heavy atom. The molecule has 0 heterocycles. The molecule has 72 valence electrons. The van der Waals surface area contributed by atoms with Gasteiger partial charge in [0.2, 0.25) is 0 Å². The van der Waals surface area contributed by atoms with Crippen molar-refractivity contribution >= 4 is 0 Å². The molecule has 0 aliphatic rings. The predicted molar refractivity (Wildman–Crippen MR) is 48.5 cm³/mol. The second-order valence-electron chi connectivity index (χ2n) is 2.70. The molecule has 3 heteroatoms. The van der Waals surface area contributed by atoms with Gasteiger partial charge in [-0.1, -0.05) is 12.1 Å². The molecule has 1 aromatic carbocycles. The van der Waals surface area contributed by atoms with E-state index < -0.39 is 0 Å². The minimum Gasteiger partial charge on any atom is -0.493 e. The Labute approximate surface area is 77.0 Å². The van der Waals surface area contributed by atoms with Crippen LogP contribution in [0, 0.1) is 0 Å². The summed E-state index contributed by atoms with van der Waals surface area (Å²) in [6.07, 6.45) is 0.406. The quantitative estimate of drug-likeness (QED) is 0.708. The fourth-order valence-corrected chi connectivity index (χ4v) is 0.978. The van der Waals surface area contributed by atoms with Gasteiger partial charge in [0.1, 0.15) is 5.75 Å². The molecule has 0 spiro atoms. The minimum atomic E-state index is -0.361. The lowest BCUT2D eigenvalue weighted by Crippen LogP contribution is -1.98. The zero-order valence-electron chi connectivity index (χ0n) is 7.37. The summed E-state index contributed by atoms with van der Waals surface area (Å²) in [7, 11) is 0. The highest BCUT2D eigenvalue weighted by Gasteiger charge is 1.95. The first kappa shape index (κ1) is 9.99. The van der Waals surface area contributed by atoms with Crippen LogP contribution in [-0.4, -0.2) is 18.4 Å². The van der Waals surface area contributed by atoms with E-state index in [1.807, 2.05) is 6.07 Å². The average molecular weight is 184 g/mol. The summed E-state index contributed by atoms with van der Waals surface area (Å²) < 4.78 is 17.0. The third kappa shape index (κ3) is 3.42. The van der Waals surface area contributed by atoms with E-state index in [0.29, 0.717) is 18.8 Å². The van der Waals surface area contributed by atoms with Gasteiger partial charge in [-0.25, -0.2) is 0 Å². The van der Waals surface area contributed by atoms with Crippen LogP contribution in [0.2, 0.25) is 0 Å². The number of alkyl halides is 1. The molecule has 0 atom stereocenters. The molecule has 1 N–H and O–H groups in total. The zero-order valence-corrected chi connectivity index (χ0v) is 7.37. The molecule has 1 rings (SSSR count). The van der Waals surface area contributed by atoms with Gasteiger partial charge in [0, 0.05) is 6.42 Å². The van der Waals surface area contributed by atoms with Crippen LogP contribution < -0.4 is 4.74 Å². The summed E-state index contributed by atoms with van der Waals surface area (Å²) in [6, 6.07) is 7.15. The summed E-state index contributed by atoms with van der Waals surface area (Å²) >= 11 is 0. The van der Waals surface area contributed by atoms with Gasteiger partial charge in [0.05, 0.1) is 19.9 Å². The van der Waals surface area contributed by atoms with Crippen molar-refractivity contribution in [1.29, 1.82) is 0 Å². The lowest BCUT2D eigenvalue weighted by molar-refractivity contribution is 0.275. The fraction of sp³-hybridized carbons (Fsp3) is 0.400. The molecule has 0 unspecified atom stereocenters. The monoisotopic (exact) mass is 184 g/mol. The van der Waals surface area contributed by atoms with Crippen LogP contribution in [0.1, 0.15) is 12.0 Å². The Bertz CT molecular complexity index is 250. The van der Waals surface area contributed by atoms with Crippen LogP contribution in [0.25, 0.3) is 0 Å². The van der Waals surface area contributed by atoms with Gasteiger partial charge in [-0.2, -0.15) is 0 Å². The van der Waals surface area contributed by atoms with Gasteiger partial charge in [0.15, 0.2) is 0 Å². The third-order valence-corrected chi connectivity index (χ3v) is 1.63. The van der Waals surface area contributed by atoms with E-state index >= 15 is 0 Å². The Balaban J connectivity index is 2.46. The Morgan fingerprint density at radius 1 is 1.38 bits per heavy atom. The predicted octanol–water partition coefficient (Wildman–Crippen LogP) is 1.92. The Morgan fingerprint density at radius 2 is 2.23 bits per heavy atom. The molecule has 0 fully saturated rings. The molecule has 0 saturated heterocycles. The lowest BCUT2D eigenvalue weighted by atomic mass is 10.2. The van der Waals surface area contributed by atoms with Crippen molar-refractivity contribution in [3.63, 3.8) is 0 Å². The molecule has 0 radical (unpaired) electrons. The number of benzene rings is 1. The van der Waals surface area contributed by atoms with Crippen molar-refractivity contribution in [2.75, 3.05) is 13.3 Å². The SMILES string of the molecule is OCc1cccc(OCCCF)c1. The average Bonchev–Trinajstić information content (AvgIpc) is 2.19. The highest BCUT2D eigenvalue weighted by Crippen LogP contribution is 2.13. The zero-order chi connectivity index (χ0) is 9.52. The lowest BCUT2D eigenvalue weighted by Gasteiger charge is -2.05. The van der Waals surface area contributed by atoms with Crippen LogP contribution in [0.3, 0.4) is 0 Å².